The summed E-state index contributed by atoms with van der Waals surface area (Å²) >= 11 is 0. The Morgan fingerprint density at radius 1 is 0.935 bits per heavy atom. The van der Waals surface area contributed by atoms with Crippen molar-refractivity contribution in [2.75, 3.05) is 20.3 Å². The molecule has 0 saturated heterocycles. The van der Waals surface area contributed by atoms with Crippen LogP contribution in [-0.2, 0) is 11.3 Å². The lowest BCUT2D eigenvalue weighted by Gasteiger charge is -2.21. The topological polar surface area (TPSA) is 84.9 Å². The summed E-state index contributed by atoms with van der Waals surface area (Å²) in [6, 6.07) is 12.3. The van der Waals surface area contributed by atoms with Gasteiger partial charge in [0.15, 0.2) is 17.3 Å². The number of nitrogens with one attached hydrogen (secondary N) is 1. The first kappa shape index (κ1) is 22.3. The van der Waals surface area contributed by atoms with E-state index in [1.807, 2.05) is 26.0 Å². The predicted octanol–water partition coefficient (Wildman–Crippen LogP) is 3.22. The van der Waals surface area contributed by atoms with E-state index in [2.05, 4.69) is 5.32 Å². The average molecular weight is 424 g/mol. The molecule has 1 aliphatic rings. The van der Waals surface area contributed by atoms with Gasteiger partial charge in [0.2, 0.25) is 5.91 Å². The first-order valence-electron chi connectivity index (χ1n) is 10.4. The molecule has 0 aliphatic carbocycles. The fourth-order valence-corrected chi connectivity index (χ4v) is 3.08. The molecule has 0 bridgehead atoms. The van der Waals surface area contributed by atoms with Crippen molar-refractivity contribution < 1.29 is 23.9 Å². The molecule has 2 amide bonds. The zero-order valence-corrected chi connectivity index (χ0v) is 18.1. The summed E-state index contributed by atoms with van der Waals surface area (Å²) in [6.45, 7) is 5.21. The summed E-state index contributed by atoms with van der Waals surface area (Å²) in [4.78, 5) is 38.6. The van der Waals surface area contributed by atoms with Gasteiger partial charge in [0.25, 0.3) is 5.91 Å². The van der Waals surface area contributed by atoms with Gasteiger partial charge in [-0.2, -0.15) is 0 Å². The van der Waals surface area contributed by atoms with Crippen molar-refractivity contribution >= 4 is 17.6 Å². The smallest absolute Gasteiger partial charge is 0.253 e. The van der Waals surface area contributed by atoms with Crippen LogP contribution in [0.5, 0.6) is 11.5 Å². The summed E-state index contributed by atoms with van der Waals surface area (Å²) in [5, 5.41) is 2.81. The molecular formula is C24H28N2O5. The lowest BCUT2D eigenvalue weighted by atomic mass is 10.1. The summed E-state index contributed by atoms with van der Waals surface area (Å²) < 4.78 is 10.9. The highest BCUT2D eigenvalue weighted by Gasteiger charge is 2.16. The fourth-order valence-electron chi connectivity index (χ4n) is 3.08. The SMILES string of the molecule is CC(C)N(C)C(=O)c1ccc(CNC(=O)CCC(=O)c2ccc3c(c2)OCCO3)cc1. The second-order valence-electron chi connectivity index (χ2n) is 7.77. The number of benzene rings is 2. The van der Waals surface area contributed by atoms with Crippen molar-refractivity contribution in [1.29, 1.82) is 0 Å². The van der Waals surface area contributed by atoms with Gasteiger partial charge < -0.3 is 19.7 Å². The maximum Gasteiger partial charge on any atom is 0.253 e. The largest absolute Gasteiger partial charge is 0.486 e. The van der Waals surface area contributed by atoms with Crippen LogP contribution in [0.1, 0.15) is 53.0 Å². The van der Waals surface area contributed by atoms with E-state index in [0.29, 0.717) is 42.4 Å². The fraction of sp³-hybridized carbons (Fsp3) is 0.375. The molecule has 1 aliphatic heterocycles. The first-order valence-corrected chi connectivity index (χ1v) is 10.4. The van der Waals surface area contributed by atoms with E-state index in [1.54, 1.807) is 42.3 Å². The zero-order valence-electron chi connectivity index (χ0n) is 18.1. The number of rotatable bonds is 8. The number of nitrogens with zero attached hydrogens (tertiary/aromatic N) is 1. The second kappa shape index (κ2) is 10.1. The molecule has 0 aromatic heterocycles. The van der Waals surface area contributed by atoms with Gasteiger partial charge in [0, 0.05) is 43.6 Å². The molecule has 1 N–H and O–H groups in total. The maximum atomic E-state index is 12.4. The molecule has 31 heavy (non-hydrogen) atoms. The zero-order chi connectivity index (χ0) is 22.4. The summed E-state index contributed by atoms with van der Waals surface area (Å²) in [5.74, 6) is 0.824. The van der Waals surface area contributed by atoms with Gasteiger partial charge in [0.05, 0.1) is 0 Å². The number of hydrogen-bond donors (Lipinski definition) is 1. The molecule has 2 aromatic carbocycles. The van der Waals surface area contributed by atoms with Crippen LogP contribution in [0.4, 0.5) is 0 Å². The Morgan fingerprint density at radius 3 is 2.26 bits per heavy atom. The molecule has 0 atom stereocenters. The lowest BCUT2D eigenvalue weighted by molar-refractivity contribution is -0.121. The number of fused-ring (bicyclic) bond motifs is 1. The number of Topliss-reactive ketones (excluding diaryl/α,β-unsaturated/α-hetero) is 1. The Hall–Kier alpha value is -3.35. The van der Waals surface area contributed by atoms with E-state index < -0.39 is 0 Å². The van der Waals surface area contributed by atoms with Crippen LogP contribution in [0.25, 0.3) is 0 Å². The van der Waals surface area contributed by atoms with Gasteiger partial charge in [-0.25, -0.2) is 0 Å². The molecule has 0 radical (unpaired) electrons. The predicted molar refractivity (Wildman–Crippen MR) is 117 cm³/mol. The summed E-state index contributed by atoms with van der Waals surface area (Å²) in [7, 11) is 1.77. The van der Waals surface area contributed by atoms with Crippen molar-refractivity contribution in [3.05, 3.63) is 59.2 Å². The van der Waals surface area contributed by atoms with Gasteiger partial charge >= 0.3 is 0 Å². The number of hydrogen-bond acceptors (Lipinski definition) is 5. The van der Waals surface area contributed by atoms with Gasteiger partial charge in [0.1, 0.15) is 13.2 Å². The molecule has 1 heterocycles. The van der Waals surface area contributed by atoms with Crippen molar-refractivity contribution in [3.63, 3.8) is 0 Å². The molecule has 0 saturated carbocycles. The van der Waals surface area contributed by atoms with Crippen molar-refractivity contribution in [3.8, 4) is 11.5 Å². The van der Waals surface area contributed by atoms with Crippen LogP contribution >= 0.6 is 0 Å². The minimum absolute atomic E-state index is 0.0387. The Morgan fingerprint density at radius 2 is 1.58 bits per heavy atom. The van der Waals surface area contributed by atoms with E-state index in [1.165, 1.54) is 0 Å². The number of carbonyl (C=O) groups is 3. The molecule has 0 unspecified atom stereocenters. The highest BCUT2D eigenvalue weighted by atomic mass is 16.6. The Kier molecular flexibility index (Phi) is 7.28. The third-order valence-corrected chi connectivity index (χ3v) is 5.23. The van der Waals surface area contributed by atoms with E-state index in [9.17, 15) is 14.4 Å². The molecule has 7 nitrogen and oxygen atoms in total. The minimum Gasteiger partial charge on any atom is -0.486 e. The van der Waals surface area contributed by atoms with Crippen LogP contribution in [0.3, 0.4) is 0 Å². The minimum atomic E-state index is -0.203. The van der Waals surface area contributed by atoms with Gasteiger partial charge in [-0.05, 0) is 49.7 Å². The lowest BCUT2D eigenvalue weighted by Crippen LogP contribution is -2.32. The quantitative estimate of drug-likeness (QED) is 0.658. The summed E-state index contributed by atoms with van der Waals surface area (Å²) in [5.41, 5.74) is 2.00. The molecule has 0 fully saturated rings. The average Bonchev–Trinajstić information content (AvgIpc) is 2.80. The highest BCUT2D eigenvalue weighted by Crippen LogP contribution is 2.31. The number of carbonyl (C=O) groups excluding carboxylic acids is 3. The Balaban J connectivity index is 1.46. The number of ketones is 1. The van der Waals surface area contributed by atoms with Crippen LogP contribution < -0.4 is 14.8 Å². The van der Waals surface area contributed by atoms with Gasteiger partial charge in [-0.3, -0.25) is 14.4 Å². The van der Waals surface area contributed by atoms with Crippen LogP contribution in [-0.4, -0.2) is 48.8 Å². The van der Waals surface area contributed by atoms with Crippen LogP contribution in [0.2, 0.25) is 0 Å². The first-order chi connectivity index (χ1) is 14.8. The standard InChI is InChI=1S/C24H28N2O5/c1-16(2)26(3)24(29)18-6-4-17(5-7-18)15-25-23(28)11-9-20(27)19-8-10-21-22(14-19)31-13-12-30-21/h4-8,10,14,16H,9,11-13,15H2,1-3H3,(H,25,28). The van der Waals surface area contributed by atoms with E-state index in [0.717, 1.165) is 5.56 Å². The normalized spacial score (nSPS) is 12.4. The van der Waals surface area contributed by atoms with E-state index in [-0.39, 0.29) is 36.5 Å². The molecule has 0 spiro atoms. The van der Waals surface area contributed by atoms with Gasteiger partial charge in [-0.1, -0.05) is 12.1 Å². The van der Waals surface area contributed by atoms with Crippen LogP contribution in [0.15, 0.2) is 42.5 Å². The number of ether oxygens (including phenoxy) is 2. The molecule has 2 aromatic rings. The molecular weight excluding hydrogens is 396 g/mol. The second-order valence-corrected chi connectivity index (χ2v) is 7.77. The molecule has 7 heteroatoms. The van der Waals surface area contributed by atoms with Crippen molar-refractivity contribution in [1.82, 2.24) is 10.2 Å². The Bertz CT molecular complexity index is 953. The van der Waals surface area contributed by atoms with Crippen LogP contribution in [0, 0.1) is 0 Å². The Labute approximate surface area is 182 Å². The highest BCUT2D eigenvalue weighted by molar-refractivity contribution is 5.98. The van der Waals surface area contributed by atoms with E-state index >= 15 is 0 Å². The third-order valence-electron chi connectivity index (χ3n) is 5.23. The maximum absolute atomic E-state index is 12.4. The van der Waals surface area contributed by atoms with E-state index in [4.69, 9.17) is 9.47 Å². The monoisotopic (exact) mass is 424 g/mol. The van der Waals surface area contributed by atoms with Gasteiger partial charge in [-0.15, -0.1) is 0 Å². The van der Waals surface area contributed by atoms with Crippen molar-refractivity contribution in [2.45, 2.75) is 39.3 Å². The third kappa shape index (κ3) is 5.84. The molecule has 3 rings (SSSR count). The number of amides is 2. The van der Waals surface area contributed by atoms with Crippen molar-refractivity contribution in [2.24, 2.45) is 0 Å². The molecule has 164 valence electrons. The summed E-state index contributed by atoms with van der Waals surface area (Å²) in [6.07, 6.45) is 0.212.